The van der Waals surface area contributed by atoms with Gasteiger partial charge in [0.1, 0.15) is 0 Å². The molecule has 1 fully saturated rings. The molecule has 0 aromatic rings. The summed E-state index contributed by atoms with van der Waals surface area (Å²) in [6.45, 7) is 3.84. The minimum atomic E-state index is -0.641. The van der Waals surface area contributed by atoms with E-state index in [1.165, 1.54) is 0 Å². The summed E-state index contributed by atoms with van der Waals surface area (Å²) in [6, 6.07) is 0. The van der Waals surface area contributed by atoms with Gasteiger partial charge in [-0.3, -0.25) is 0 Å². The average molecular weight is 144 g/mol. The quantitative estimate of drug-likeness (QED) is 0.530. The predicted octanol–water partition coefficient (Wildman–Crippen LogP) is 0.918. The second kappa shape index (κ2) is 2.51. The highest BCUT2D eigenvalue weighted by molar-refractivity contribution is 4.87. The summed E-state index contributed by atoms with van der Waals surface area (Å²) in [7, 11) is 0. The van der Waals surface area contributed by atoms with E-state index in [-0.39, 0.29) is 6.10 Å². The largest absolute Gasteiger partial charge is 0.393 e. The highest BCUT2D eigenvalue weighted by Gasteiger charge is 2.34. The van der Waals surface area contributed by atoms with E-state index in [0.29, 0.717) is 12.3 Å². The average Bonchev–Trinajstić information content (AvgIpc) is 1.78. The topological polar surface area (TPSA) is 40.5 Å². The SMILES string of the molecule is CC1CCC(O)CC1(C)O. The molecule has 0 aromatic carbocycles. The Morgan fingerprint density at radius 3 is 2.40 bits per heavy atom. The van der Waals surface area contributed by atoms with Gasteiger partial charge in [0.15, 0.2) is 0 Å². The van der Waals surface area contributed by atoms with Gasteiger partial charge in [0.25, 0.3) is 0 Å². The standard InChI is InChI=1S/C8H16O2/c1-6-3-4-7(9)5-8(6,2)10/h6-7,9-10H,3-5H2,1-2H3. The Kier molecular flexibility index (Phi) is 2.02. The Hall–Kier alpha value is -0.0800. The number of aliphatic hydroxyl groups excluding tert-OH is 1. The van der Waals surface area contributed by atoms with Crippen LogP contribution in [0.5, 0.6) is 0 Å². The van der Waals surface area contributed by atoms with Gasteiger partial charge in [0.2, 0.25) is 0 Å². The van der Waals surface area contributed by atoms with Gasteiger partial charge in [-0.05, 0) is 25.7 Å². The minimum Gasteiger partial charge on any atom is -0.393 e. The molecule has 2 heteroatoms. The zero-order valence-corrected chi connectivity index (χ0v) is 6.67. The molecule has 0 radical (unpaired) electrons. The van der Waals surface area contributed by atoms with E-state index in [4.69, 9.17) is 0 Å². The van der Waals surface area contributed by atoms with Crippen LogP contribution in [0, 0.1) is 5.92 Å². The van der Waals surface area contributed by atoms with Crippen molar-refractivity contribution in [3.63, 3.8) is 0 Å². The van der Waals surface area contributed by atoms with Crippen LogP contribution in [0.2, 0.25) is 0 Å². The Morgan fingerprint density at radius 2 is 2.00 bits per heavy atom. The fraction of sp³-hybridized carbons (Fsp3) is 1.00. The lowest BCUT2D eigenvalue weighted by Crippen LogP contribution is -2.41. The maximum atomic E-state index is 9.65. The van der Waals surface area contributed by atoms with Crippen molar-refractivity contribution in [3.8, 4) is 0 Å². The van der Waals surface area contributed by atoms with Gasteiger partial charge in [-0.2, -0.15) is 0 Å². The Morgan fingerprint density at radius 1 is 1.40 bits per heavy atom. The molecule has 0 bridgehead atoms. The maximum Gasteiger partial charge on any atom is 0.0669 e. The lowest BCUT2D eigenvalue weighted by Gasteiger charge is -2.37. The third kappa shape index (κ3) is 1.50. The molecule has 1 aliphatic rings. The van der Waals surface area contributed by atoms with Gasteiger partial charge in [-0.15, -0.1) is 0 Å². The van der Waals surface area contributed by atoms with Crippen molar-refractivity contribution in [1.29, 1.82) is 0 Å². The molecular formula is C8H16O2. The molecule has 0 heterocycles. The molecule has 3 unspecified atom stereocenters. The fourth-order valence-corrected chi connectivity index (χ4v) is 1.53. The van der Waals surface area contributed by atoms with Crippen LogP contribution in [-0.2, 0) is 0 Å². The van der Waals surface area contributed by atoms with E-state index in [2.05, 4.69) is 0 Å². The minimum absolute atomic E-state index is 0.286. The van der Waals surface area contributed by atoms with E-state index < -0.39 is 5.60 Å². The van der Waals surface area contributed by atoms with Crippen LogP contribution in [0.15, 0.2) is 0 Å². The first-order chi connectivity index (χ1) is 4.52. The molecule has 1 aliphatic carbocycles. The first-order valence-electron chi connectivity index (χ1n) is 3.93. The predicted molar refractivity (Wildman–Crippen MR) is 39.6 cm³/mol. The Bertz CT molecular complexity index is 120. The number of hydrogen-bond donors (Lipinski definition) is 2. The number of rotatable bonds is 0. The maximum absolute atomic E-state index is 9.65. The van der Waals surface area contributed by atoms with Gasteiger partial charge < -0.3 is 10.2 Å². The van der Waals surface area contributed by atoms with Crippen molar-refractivity contribution in [3.05, 3.63) is 0 Å². The fourth-order valence-electron chi connectivity index (χ4n) is 1.53. The third-order valence-electron chi connectivity index (χ3n) is 2.64. The smallest absolute Gasteiger partial charge is 0.0669 e. The highest BCUT2D eigenvalue weighted by atomic mass is 16.3. The monoisotopic (exact) mass is 144 g/mol. The van der Waals surface area contributed by atoms with E-state index >= 15 is 0 Å². The van der Waals surface area contributed by atoms with Gasteiger partial charge in [0, 0.05) is 6.42 Å². The van der Waals surface area contributed by atoms with Gasteiger partial charge in [-0.1, -0.05) is 6.92 Å². The molecule has 0 saturated heterocycles. The molecule has 2 N–H and O–H groups in total. The summed E-state index contributed by atoms with van der Waals surface area (Å²) in [5.74, 6) is 0.330. The van der Waals surface area contributed by atoms with Crippen LogP contribution in [0.3, 0.4) is 0 Å². The summed E-state index contributed by atoms with van der Waals surface area (Å²) in [5.41, 5.74) is -0.641. The molecule has 0 amide bonds. The highest BCUT2D eigenvalue weighted by Crippen LogP contribution is 2.32. The molecule has 1 saturated carbocycles. The summed E-state index contributed by atoms with van der Waals surface area (Å²) in [4.78, 5) is 0. The van der Waals surface area contributed by atoms with Gasteiger partial charge in [0.05, 0.1) is 11.7 Å². The van der Waals surface area contributed by atoms with Crippen molar-refractivity contribution < 1.29 is 10.2 Å². The van der Waals surface area contributed by atoms with Crippen LogP contribution in [0.25, 0.3) is 0 Å². The molecule has 0 spiro atoms. The van der Waals surface area contributed by atoms with Crippen molar-refractivity contribution in [2.45, 2.75) is 44.8 Å². The van der Waals surface area contributed by atoms with Crippen LogP contribution in [-0.4, -0.2) is 21.9 Å². The molecule has 60 valence electrons. The Labute approximate surface area is 61.9 Å². The van der Waals surface area contributed by atoms with Crippen LogP contribution < -0.4 is 0 Å². The lowest BCUT2D eigenvalue weighted by molar-refractivity contribution is -0.0685. The van der Waals surface area contributed by atoms with E-state index in [9.17, 15) is 10.2 Å². The molecule has 1 rings (SSSR count). The van der Waals surface area contributed by atoms with Crippen molar-refractivity contribution in [1.82, 2.24) is 0 Å². The first kappa shape index (κ1) is 8.02. The Balaban J connectivity index is 2.55. The second-order valence-corrected chi connectivity index (χ2v) is 3.69. The second-order valence-electron chi connectivity index (χ2n) is 3.69. The summed E-state index contributed by atoms with van der Waals surface area (Å²) >= 11 is 0. The van der Waals surface area contributed by atoms with E-state index in [0.717, 1.165) is 12.8 Å². The molecule has 0 aliphatic heterocycles. The van der Waals surface area contributed by atoms with Crippen molar-refractivity contribution >= 4 is 0 Å². The first-order valence-corrected chi connectivity index (χ1v) is 3.93. The van der Waals surface area contributed by atoms with Crippen LogP contribution >= 0.6 is 0 Å². The third-order valence-corrected chi connectivity index (χ3v) is 2.64. The van der Waals surface area contributed by atoms with Crippen LogP contribution in [0.1, 0.15) is 33.1 Å². The molecule has 2 nitrogen and oxygen atoms in total. The van der Waals surface area contributed by atoms with Gasteiger partial charge >= 0.3 is 0 Å². The summed E-state index contributed by atoms with van der Waals surface area (Å²) in [5, 5.41) is 18.9. The van der Waals surface area contributed by atoms with Crippen LogP contribution in [0.4, 0.5) is 0 Å². The van der Waals surface area contributed by atoms with E-state index in [1.54, 1.807) is 6.92 Å². The molecule has 3 atom stereocenters. The number of aliphatic hydroxyl groups is 2. The van der Waals surface area contributed by atoms with Crippen molar-refractivity contribution in [2.24, 2.45) is 5.92 Å². The summed E-state index contributed by atoms with van der Waals surface area (Å²) in [6.07, 6.45) is 2.03. The summed E-state index contributed by atoms with van der Waals surface area (Å²) < 4.78 is 0. The number of hydrogen-bond acceptors (Lipinski definition) is 2. The molecule has 0 aromatic heterocycles. The molecule has 10 heavy (non-hydrogen) atoms. The molecular weight excluding hydrogens is 128 g/mol. The lowest BCUT2D eigenvalue weighted by atomic mass is 9.76. The zero-order chi connectivity index (χ0) is 7.78. The van der Waals surface area contributed by atoms with Gasteiger partial charge in [-0.25, -0.2) is 0 Å². The normalized spacial score (nSPS) is 49.2. The zero-order valence-electron chi connectivity index (χ0n) is 6.67. The van der Waals surface area contributed by atoms with Crippen molar-refractivity contribution in [2.75, 3.05) is 0 Å². The van der Waals surface area contributed by atoms with E-state index in [1.807, 2.05) is 6.92 Å².